The van der Waals surface area contributed by atoms with Gasteiger partial charge in [-0.25, -0.2) is 8.42 Å². The number of thioether (sulfide) groups is 1. The molecule has 0 aromatic carbocycles. The Morgan fingerprint density at radius 2 is 2.13 bits per heavy atom. The SMILES string of the molecule is O=S(=O)(N1CC2(C[C@H](OCc3ccccn3)CS2)C1)C(F)(F)F. The Labute approximate surface area is 136 Å². The summed E-state index contributed by atoms with van der Waals surface area (Å²) >= 11 is 1.49. The molecule has 2 fully saturated rings. The Kier molecular flexibility index (Phi) is 4.36. The summed E-state index contributed by atoms with van der Waals surface area (Å²) in [4.78, 5) is 4.14. The number of ether oxygens (including phenoxy) is 1. The van der Waals surface area contributed by atoms with Gasteiger partial charge in [-0.3, -0.25) is 4.98 Å². The van der Waals surface area contributed by atoms with Gasteiger partial charge in [-0.2, -0.15) is 17.5 Å². The molecule has 2 aliphatic rings. The van der Waals surface area contributed by atoms with Crippen molar-refractivity contribution in [2.24, 2.45) is 0 Å². The highest BCUT2D eigenvalue weighted by molar-refractivity contribution is 8.01. The van der Waals surface area contributed by atoms with E-state index in [0.717, 1.165) is 5.69 Å². The number of hydrogen-bond acceptors (Lipinski definition) is 5. The maximum atomic E-state index is 12.5. The molecule has 3 heterocycles. The number of halogens is 3. The van der Waals surface area contributed by atoms with Crippen molar-refractivity contribution < 1.29 is 26.3 Å². The Bertz CT molecular complexity index is 661. The zero-order valence-corrected chi connectivity index (χ0v) is 13.6. The van der Waals surface area contributed by atoms with Crippen molar-refractivity contribution in [1.82, 2.24) is 9.29 Å². The number of hydrogen-bond donors (Lipinski definition) is 0. The molecule has 3 rings (SSSR count). The molecule has 5 nitrogen and oxygen atoms in total. The van der Waals surface area contributed by atoms with Gasteiger partial charge < -0.3 is 4.74 Å². The standard InChI is InChI=1S/C13H15F3N2O3S2/c14-13(15,16)23(19,20)18-8-12(9-18)5-11(7-22-12)21-6-10-3-1-2-4-17-10/h1-4,11H,5-9H2/t11-/m0/s1. The number of pyridine rings is 1. The predicted molar refractivity (Wildman–Crippen MR) is 79.2 cm³/mol. The zero-order valence-electron chi connectivity index (χ0n) is 12.0. The van der Waals surface area contributed by atoms with Crippen molar-refractivity contribution >= 4 is 21.8 Å². The van der Waals surface area contributed by atoms with Gasteiger partial charge in [0.2, 0.25) is 0 Å². The van der Waals surface area contributed by atoms with Crippen molar-refractivity contribution in [1.29, 1.82) is 0 Å². The van der Waals surface area contributed by atoms with E-state index in [4.69, 9.17) is 4.74 Å². The molecule has 0 radical (unpaired) electrons. The minimum atomic E-state index is -5.23. The second kappa shape index (κ2) is 5.91. The van der Waals surface area contributed by atoms with Crippen molar-refractivity contribution in [3.63, 3.8) is 0 Å². The second-order valence-corrected chi connectivity index (χ2v) is 9.09. The topological polar surface area (TPSA) is 59.5 Å². The van der Waals surface area contributed by atoms with Crippen LogP contribution in [0.15, 0.2) is 24.4 Å². The van der Waals surface area contributed by atoms with E-state index >= 15 is 0 Å². The van der Waals surface area contributed by atoms with Crippen LogP contribution in [0.3, 0.4) is 0 Å². The molecule has 0 aliphatic carbocycles. The van der Waals surface area contributed by atoms with Crippen molar-refractivity contribution in [2.45, 2.75) is 29.4 Å². The third kappa shape index (κ3) is 3.35. The lowest BCUT2D eigenvalue weighted by molar-refractivity contribution is -0.0521. The average molecular weight is 368 g/mol. The van der Waals surface area contributed by atoms with E-state index < -0.39 is 20.3 Å². The minimum Gasteiger partial charge on any atom is -0.371 e. The first-order valence-corrected chi connectivity index (χ1v) is 9.36. The quantitative estimate of drug-likeness (QED) is 0.814. The Hall–Kier alpha value is -0.840. The molecule has 0 amide bonds. The van der Waals surface area contributed by atoms with Crippen molar-refractivity contribution in [2.75, 3.05) is 18.8 Å². The molecule has 23 heavy (non-hydrogen) atoms. The first-order valence-electron chi connectivity index (χ1n) is 6.94. The molecular formula is C13H15F3N2O3S2. The number of alkyl halides is 3. The van der Waals surface area contributed by atoms with Crippen LogP contribution in [-0.2, 0) is 21.4 Å². The summed E-state index contributed by atoms with van der Waals surface area (Å²) in [5, 5.41) is 0. The summed E-state index contributed by atoms with van der Waals surface area (Å²) in [5.74, 6) is 0.646. The van der Waals surface area contributed by atoms with Crippen LogP contribution in [0.2, 0.25) is 0 Å². The molecule has 1 atom stereocenters. The molecule has 0 bridgehead atoms. The van der Waals surface area contributed by atoms with Crippen LogP contribution in [0.1, 0.15) is 12.1 Å². The monoisotopic (exact) mass is 368 g/mol. The van der Waals surface area contributed by atoms with E-state index in [2.05, 4.69) is 4.98 Å². The van der Waals surface area contributed by atoms with E-state index in [9.17, 15) is 21.6 Å². The number of aromatic nitrogens is 1. The molecule has 0 N–H and O–H groups in total. The second-order valence-electron chi connectivity index (χ2n) is 5.67. The first kappa shape index (κ1) is 17.0. The van der Waals surface area contributed by atoms with Crippen LogP contribution < -0.4 is 0 Å². The molecule has 1 aromatic heterocycles. The van der Waals surface area contributed by atoms with Gasteiger partial charge in [0.25, 0.3) is 0 Å². The van der Waals surface area contributed by atoms with E-state index in [1.165, 1.54) is 11.8 Å². The third-order valence-electron chi connectivity index (χ3n) is 3.93. The van der Waals surface area contributed by atoms with Gasteiger partial charge in [-0.05, 0) is 18.6 Å². The van der Waals surface area contributed by atoms with Crippen molar-refractivity contribution in [3.05, 3.63) is 30.1 Å². The number of sulfonamides is 1. The molecule has 2 aliphatic heterocycles. The largest absolute Gasteiger partial charge is 0.511 e. The molecule has 0 unspecified atom stereocenters. The first-order chi connectivity index (χ1) is 10.7. The minimum absolute atomic E-state index is 0.0993. The summed E-state index contributed by atoms with van der Waals surface area (Å²) in [6.07, 6.45) is 2.11. The lowest BCUT2D eigenvalue weighted by atomic mass is 9.95. The molecule has 10 heteroatoms. The normalized spacial score (nSPS) is 24.7. The average Bonchev–Trinajstić information content (AvgIpc) is 2.88. The van der Waals surface area contributed by atoms with Gasteiger partial charge in [0, 0.05) is 29.8 Å². The fourth-order valence-electron chi connectivity index (χ4n) is 2.73. The highest BCUT2D eigenvalue weighted by atomic mass is 32.2. The zero-order chi connectivity index (χ0) is 16.7. The summed E-state index contributed by atoms with van der Waals surface area (Å²) in [6.45, 7) is 0.124. The van der Waals surface area contributed by atoms with Crippen LogP contribution >= 0.6 is 11.8 Å². The maximum absolute atomic E-state index is 12.5. The highest BCUT2D eigenvalue weighted by Crippen LogP contribution is 2.48. The molecule has 1 aromatic rings. The van der Waals surface area contributed by atoms with E-state index in [1.807, 2.05) is 12.1 Å². The summed E-state index contributed by atoms with van der Waals surface area (Å²) < 4.78 is 65.9. The number of rotatable bonds is 4. The fourth-order valence-corrected chi connectivity index (χ4v) is 5.57. The molecule has 2 saturated heterocycles. The lowest BCUT2D eigenvalue weighted by Gasteiger charge is -2.46. The fraction of sp³-hybridized carbons (Fsp3) is 0.615. The lowest BCUT2D eigenvalue weighted by Crippen LogP contribution is -2.62. The smallest absolute Gasteiger partial charge is 0.371 e. The Morgan fingerprint density at radius 3 is 2.74 bits per heavy atom. The molecular weight excluding hydrogens is 353 g/mol. The van der Waals surface area contributed by atoms with E-state index in [0.29, 0.717) is 23.1 Å². The van der Waals surface area contributed by atoms with Crippen LogP contribution in [0, 0.1) is 0 Å². The van der Waals surface area contributed by atoms with Gasteiger partial charge in [0.15, 0.2) is 0 Å². The third-order valence-corrected chi connectivity index (χ3v) is 7.03. The molecule has 128 valence electrons. The Balaban J connectivity index is 1.52. The van der Waals surface area contributed by atoms with Crippen LogP contribution in [-0.4, -0.2) is 52.9 Å². The highest BCUT2D eigenvalue weighted by Gasteiger charge is 2.59. The van der Waals surface area contributed by atoms with Gasteiger partial charge in [0.05, 0.1) is 18.4 Å². The van der Waals surface area contributed by atoms with Crippen LogP contribution in [0.5, 0.6) is 0 Å². The van der Waals surface area contributed by atoms with Crippen molar-refractivity contribution in [3.8, 4) is 0 Å². The van der Waals surface area contributed by atoms with Crippen LogP contribution in [0.4, 0.5) is 13.2 Å². The summed E-state index contributed by atoms with van der Waals surface area (Å²) in [5.41, 5.74) is -4.44. The summed E-state index contributed by atoms with van der Waals surface area (Å²) in [7, 11) is -5.21. The van der Waals surface area contributed by atoms with Gasteiger partial charge in [-0.1, -0.05) is 6.07 Å². The van der Waals surface area contributed by atoms with Gasteiger partial charge >= 0.3 is 15.5 Å². The predicted octanol–water partition coefficient (Wildman–Crippen LogP) is 2.01. The maximum Gasteiger partial charge on any atom is 0.511 e. The molecule has 1 spiro atoms. The van der Waals surface area contributed by atoms with Gasteiger partial charge in [0.1, 0.15) is 0 Å². The summed E-state index contributed by atoms with van der Waals surface area (Å²) in [6, 6.07) is 5.48. The Morgan fingerprint density at radius 1 is 1.39 bits per heavy atom. The molecule has 0 saturated carbocycles. The number of nitrogens with zero attached hydrogens (tertiary/aromatic N) is 2. The van der Waals surface area contributed by atoms with E-state index in [1.54, 1.807) is 12.3 Å². The van der Waals surface area contributed by atoms with Crippen LogP contribution in [0.25, 0.3) is 0 Å². The van der Waals surface area contributed by atoms with E-state index in [-0.39, 0.29) is 19.2 Å². The van der Waals surface area contributed by atoms with Gasteiger partial charge in [-0.15, -0.1) is 11.8 Å².